The molecule has 1 fully saturated rings. The van der Waals surface area contributed by atoms with E-state index in [1.165, 1.54) is 24.1 Å². The molecule has 0 bridgehead atoms. The summed E-state index contributed by atoms with van der Waals surface area (Å²) in [7, 11) is 0. The predicted molar refractivity (Wildman–Crippen MR) is 143 cm³/mol. The van der Waals surface area contributed by atoms with Gasteiger partial charge in [-0.05, 0) is 67.7 Å². The fourth-order valence-corrected chi connectivity index (χ4v) is 5.47. The summed E-state index contributed by atoms with van der Waals surface area (Å²) in [6.07, 6.45) is 3.72. The van der Waals surface area contributed by atoms with Gasteiger partial charge in [0.1, 0.15) is 18.4 Å². The Labute approximate surface area is 220 Å². The first-order chi connectivity index (χ1) is 17.7. The number of nitriles is 1. The average molecular weight is 519 g/mol. The first-order valence-electron chi connectivity index (χ1n) is 12.1. The molecule has 5 rings (SSSR count). The van der Waals surface area contributed by atoms with Crippen LogP contribution in [0.25, 0.3) is 11.5 Å². The molecule has 1 saturated heterocycles. The van der Waals surface area contributed by atoms with E-state index in [2.05, 4.69) is 38.8 Å². The molecule has 6 nitrogen and oxygen atoms in total. The summed E-state index contributed by atoms with van der Waals surface area (Å²) in [5, 5.41) is 15.8. The Bertz CT molecular complexity index is 1310. The van der Waals surface area contributed by atoms with E-state index in [-0.39, 0.29) is 11.7 Å². The number of likely N-dealkylation sites (tertiary alicyclic amines) is 1. The van der Waals surface area contributed by atoms with Crippen LogP contribution in [0.15, 0.2) is 70.5 Å². The molecule has 2 aromatic heterocycles. The molecule has 4 aromatic rings. The summed E-state index contributed by atoms with van der Waals surface area (Å²) in [4.78, 5) is 8.26. The second-order valence-corrected chi connectivity index (χ2v) is 10.1. The quantitative estimate of drug-likeness (QED) is 0.253. The lowest BCUT2D eigenvalue weighted by Crippen LogP contribution is -2.36. The van der Waals surface area contributed by atoms with Crippen molar-refractivity contribution in [2.24, 2.45) is 0 Å². The smallest absolute Gasteiger partial charge is 0.232 e. The maximum Gasteiger partial charge on any atom is 0.232 e. The van der Waals surface area contributed by atoms with E-state index in [0.29, 0.717) is 35.7 Å². The van der Waals surface area contributed by atoms with Crippen LogP contribution in [0, 0.1) is 11.3 Å². The third-order valence-electron chi connectivity index (χ3n) is 6.35. The van der Waals surface area contributed by atoms with Gasteiger partial charge in [0, 0.05) is 27.6 Å². The van der Waals surface area contributed by atoms with Gasteiger partial charge in [-0.15, -0.1) is 11.3 Å². The van der Waals surface area contributed by atoms with Crippen LogP contribution < -0.4 is 10.1 Å². The Morgan fingerprint density at radius 2 is 1.89 bits per heavy atom. The van der Waals surface area contributed by atoms with E-state index in [9.17, 15) is 5.26 Å². The first-order valence-corrected chi connectivity index (χ1v) is 13.4. The number of piperidine rings is 1. The molecule has 184 valence electrons. The van der Waals surface area contributed by atoms with Crippen LogP contribution in [0.2, 0.25) is 5.02 Å². The van der Waals surface area contributed by atoms with Crippen molar-refractivity contribution < 1.29 is 9.15 Å². The summed E-state index contributed by atoms with van der Waals surface area (Å²) in [5.74, 6) is 1.52. The van der Waals surface area contributed by atoms with Gasteiger partial charge in [-0.3, -0.25) is 4.90 Å². The lowest BCUT2D eigenvalue weighted by Gasteiger charge is -2.34. The fourth-order valence-electron chi connectivity index (χ4n) is 4.42. The van der Waals surface area contributed by atoms with Gasteiger partial charge in [-0.2, -0.15) is 10.2 Å². The van der Waals surface area contributed by atoms with Gasteiger partial charge in [0.2, 0.25) is 17.5 Å². The number of ether oxygens (including phenoxy) is 1. The number of nitrogens with one attached hydrogen (secondary N) is 1. The van der Waals surface area contributed by atoms with Crippen LogP contribution in [0.3, 0.4) is 0 Å². The molecule has 1 aliphatic heterocycles. The van der Waals surface area contributed by atoms with Crippen molar-refractivity contribution in [3.63, 3.8) is 0 Å². The Morgan fingerprint density at radius 1 is 1.08 bits per heavy atom. The highest BCUT2D eigenvalue weighted by Crippen LogP contribution is 2.31. The molecule has 1 N–H and O–H groups in total. The normalized spacial score (nSPS) is 14.8. The molecule has 0 unspecified atom stereocenters. The fraction of sp³-hybridized carbons (Fsp3) is 0.286. The molecule has 0 radical (unpaired) electrons. The van der Waals surface area contributed by atoms with Crippen molar-refractivity contribution in [3.8, 4) is 23.3 Å². The molecule has 0 spiro atoms. The molecule has 2 aromatic carbocycles. The van der Waals surface area contributed by atoms with Crippen LogP contribution in [-0.2, 0) is 6.61 Å². The van der Waals surface area contributed by atoms with Crippen molar-refractivity contribution in [2.75, 3.05) is 25.0 Å². The van der Waals surface area contributed by atoms with Crippen molar-refractivity contribution in [3.05, 3.63) is 87.2 Å². The van der Waals surface area contributed by atoms with Gasteiger partial charge in [0.25, 0.3) is 0 Å². The van der Waals surface area contributed by atoms with E-state index < -0.39 is 0 Å². The van der Waals surface area contributed by atoms with Crippen LogP contribution in [0.5, 0.6) is 5.75 Å². The minimum Gasteiger partial charge on any atom is -0.489 e. The van der Waals surface area contributed by atoms with Crippen molar-refractivity contribution in [1.29, 1.82) is 5.26 Å². The number of thiophene rings is 1. The highest BCUT2D eigenvalue weighted by molar-refractivity contribution is 7.10. The number of oxazole rings is 1. The van der Waals surface area contributed by atoms with Crippen LogP contribution in [0.4, 0.5) is 5.88 Å². The molecule has 36 heavy (non-hydrogen) atoms. The standard InChI is InChI=1S/C28H27ClN4O2S/c29-23-8-3-2-7-21(23)19-34-22-12-10-20(11-13-22)27-32-24(17-30)28(35-27)31-18-25(26-9-6-16-36-26)33-14-4-1-5-15-33/h2-3,6-13,16,25,31H,1,4-5,14-15,18-19H2/t25-/m0/s1. The number of nitrogens with zero attached hydrogens (tertiary/aromatic N) is 3. The van der Waals surface area contributed by atoms with E-state index in [0.717, 1.165) is 24.2 Å². The molecule has 0 saturated carbocycles. The lowest BCUT2D eigenvalue weighted by molar-refractivity contribution is 0.172. The molecular formula is C28H27ClN4O2S. The van der Waals surface area contributed by atoms with E-state index >= 15 is 0 Å². The van der Waals surface area contributed by atoms with Crippen LogP contribution >= 0.6 is 22.9 Å². The minimum atomic E-state index is 0.236. The molecule has 0 aliphatic carbocycles. The average Bonchev–Trinajstić information content (AvgIpc) is 3.60. The Kier molecular flexibility index (Phi) is 7.87. The van der Waals surface area contributed by atoms with Crippen LogP contribution in [-0.4, -0.2) is 29.5 Å². The second kappa shape index (κ2) is 11.6. The monoisotopic (exact) mass is 518 g/mol. The Hall–Kier alpha value is -3.31. The number of rotatable bonds is 9. The van der Waals surface area contributed by atoms with Gasteiger partial charge in [-0.25, -0.2) is 0 Å². The summed E-state index contributed by atoms with van der Waals surface area (Å²) in [5.41, 5.74) is 1.96. The van der Waals surface area contributed by atoms with Crippen molar-refractivity contribution in [2.45, 2.75) is 31.9 Å². The molecule has 3 heterocycles. The molecule has 1 atom stereocenters. The number of benzene rings is 2. The van der Waals surface area contributed by atoms with Gasteiger partial charge in [0.05, 0.1) is 6.04 Å². The Morgan fingerprint density at radius 3 is 2.61 bits per heavy atom. The molecule has 8 heteroatoms. The van der Waals surface area contributed by atoms with E-state index in [1.54, 1.807) is 11.3 Å². The zero-order valence-corrected chi connectivity index (χ0v) is 21.4. The maximum absolute atomic E-state index is 9.67. The van der Waals surface area contributed by atoms with Gasteiger partial charge < -0.3 is 14.5 Å². The summed E-state index contributed by atoms with van der Waals surface area (Å²) in [6, 6.07) is 21.8. The zero-order valence-electron chi connectivity index (χ0n) is 19.8. The molecule has 0 amide bonds. The summed E-state index contributed by atoms with van der Waals surface area (Å²) < 4.78 is 11.9. The summed E-state index contributed by atoms with van der Waals surface area (Å²) in [6.45, 7) is 3.20. The van der Waals surface area contributed by atoms with Crippen molar-refractivity contribution >= 4 is 28.8 Å². The summed E-state index contributed by atoms with van der Waals surface area (Å²) >= 11 is 7.97. The first kappa shape index (κ1) is 24.4. The minimum absolute atomic E-state index is 0.236. The molecule has 1 aliphatic rings. The third-order valence-corrected chi connectivity index (χ3v) is 7.69. The van der Waals surface area contributed by atoms with E-state index in [1.807, 2.05) is 48.5 Å². The van der Waals surface area contributed by atoms with Gasteiger partial charge in [0.15, 0.2) is 0 Å². The highest BCUT2D eigenvalue weighted by atomic mass is 35.5. The number of hydrogen-bond donors (Lipinski definition) is 1. The molecular weight excluding hydrogens is 492 g/mol. The topological polar surface area (TPSA) is 74.3 Å². The number of halogens is 1. The second-order valence-electron chi connectivity index (χ2n) is 8.72. The van der Waals surface area contributed by atoms with Gasteiger partial charge in [-0.1, -0.05) is 42.3 Å². The largest absolute Gasteiger partial charge is 0.489 e. The zero-order chi connectivity index (χ0) is 24.7. The Balaban J connectivity index is 1.27. The van der Waals surface area contributed by atoms with Gasteiger partial charge >= 0.3 is 0 Å². The number of anilines is 1. The maximum atomic E-state index is 9.67. The number of aromatic nitrogens is 1. The SMILES string of the molecule is N#Cc1nc(-c2ccc(OCc3ccccc3Cl)cc2)oc1NC[C@@H](c1cccs1)N1CCCCC1. The third kappa shape index (κ3) is 5.73. The lowest BCUT2D eigenvalue weighted by atomic mass is 10.1. The van der Waals surface area contributed by atoms with Crippen molar-refractivity contribution in [1.82, 2.24) is 9.88 Å². The predicted octanol–water partition coefficient (Wildman–Crippen LogP) is 7.15. The van der Waals surface area contributed by atoms with E-state index in [4.69, 9.17) is 20.8 Å². The van der Waals surface area contributed by atoms with Crippen LogP contribution in [0.1, 0.15) is 41.4 Å². The number of hydrogen-bond acceptors (Lipinski definition) is 7. The highest BCUT2D eigenvalue weighted by Gasteiger charge is 2.24.